The van der Waals surface area contributed by atoms with Crippen molar-refractivity contribution in [1.82, 2.24) is 4.98 Å². The lowest BCUT2D eigenvalue weighted by atomic mass is 9.94. The minimum absolute atomic E-state index is 0.126. The van der Waals surface area contributed by atoms with E-state index in [-0.39, 0.29) is 5.78 Å². The van der Waals surface area contributed by atoms with E-state index >= 15 is 0 Å². The van der Waals surface area contributed by atoms with Gasteiger partial charge in [-0.3, -0.25) is 9.78 Å². The Hall–Kier alpha value is -1.70. The molecule has 1 aliphatic carbocycles. The topological polar surface area (TPSA) is 30.0 Å². The number of pyridine rings is 1. The zero-order valence-corrected chi connectivity index (χ0v) is 8.47. The van der Waals surface area contributed by atoms with Crippen molar-refractivity contribution >= 4 is 5.78 Å². The number of carbonyl (C=O) groups is 1. The molecule has 0 spiro atoms. The van der Waals surface area contributed by atoms with Crippen LogP contribution in [0, 0.1) is 5.92 Å². The summed E-state index contributed by atoms with van der Waals surface area (Å²) in [6, 6.07) is 5.43. The molecular weight excluding hydrogens is 186 g/mol. The molecule has 0 aliphatic heterocycles. The average Bonchev–Trinajstić information content (AvgIpc) is 2.31. The van der Waals surface area contributed by atoms with Gasteiger partial charge in [-0.1, -0.05) is 30.4 Å². The third-order valence-corrected chi connectivity index (χ3v) is 2.47. The van der Waals surface area contributed by atoms with Gasteiger partial charge in [0.1, 0.15) is 5.69 Å². The Bertz CT molecular complexity index is 392. The molecule has 0 radical (unpaired) electrons. The van der Waals surface area contributed by atoms with Gasteiger partial charge in [0.05, 0.1) is 0 Å². The second kappa shape index (κ2) is 4.69. The van der Waals surface area contributed by atoms with Gasteiger partial charge in [0.15, 0.2) is 5.78 Å². The molecule has 1 unspecified atom stereocenters. The van der Waals surface area contributed by atoms with Crippen molar-refractivity contribution in [2.75, 3.05) is 0 Å². The lowest BCUT2D eigenvalue weighted by molar-refractivity contribution is 0.0964. The van der Waals surface area contributed by atoms with E-state index in [1.54, 1.807) is 12.3 Å². The SMILES string of the molecule is O=C(CC1C=CC=CC1)c1ccccn1. The van der Waals surface area contributed by atoms with Crippen LogP contribution in [0.3, 0.4) is 0 Å². The van der Waals surface area contributed by atoms with E-state index in [1.807, 2.05) is 24.3 Å². The van der Waals surface area contributed by atoms with Crippen LogP contribution >= 0.6 is 0 Å². The summed E-state index contributed by atoms with van der Waals surface area (Å²) in [5.74, 6) is 0.463. The molecule has 2 rings (SSSR count). The highest BCUT2D eigenvalue weighted by molar-refractivity contribution is 5.94. The first-order valence-electron chi connectivity index (χ1n) is 5.14. The fourth-order valence-corrected chi connectivity index (χ4v) is 1.65. The van der Waals surface area contributed by atoms with Gasteiger partial charge in [0.2, 0.25) is 0 Å². The lowest BCUT2D eigenvalue weighted by Crippen LogP contribution is -2.08. The summed E-state index contributed by atoms with van der Waals surface area (Å²) in [6.07, 6.45) is 11.4. The molecule has 15 heavy (non-hydrogen) atoms. The average molecular weight is 199 g/mol. The van der Waals surface area contributed by atoms with Gasteiger partial charge >= 0.3 is 0 Å². The molecule has 0 amide bonds. The number of allylic oxidation sites excluding steroid dienone is 4. The Balaban J connectivity index is 1.98. The molecule has 0 N–H and O–H groups in total. The standard InChI is InChI=1S/C13H13NO/c15-13(12-8-4-5-9-14-12)10-11-6-2-1-3-7-11/h1-6,8-9,11H,7,10H2. The van der Waals surface area contributed by atoms with Crippen LogP contribution in [-0.2, 0) is 0 Å². The van der Waals surface area contributed by atoms with Crippen molar-refractivity contribution in [2.24, 2.45) is 5.92 Å². The van der Waals surface area contributed by atoms with Gasteiger partial charge < -0.3 is 0 Å². The summed E-state index contributed by atoms with van der Waals surface area (Å²) in [7, 11) is 0. The van der Waals surface area contributed by atoms with Crippen molar-refractivity contribution in [3.63, 3.8) is 0 Å². The fourth-order valence-electron chi connectivity index (χ4n) is 1.65. The molecule has 0 aromatic carbocycles. The van der Waals surface area contributed by atoms with Gasteiger partial charge in [0, 0.05) is 12.6 Å². The third kappa shape index (κ3) is 2.62. The van der Waals surface area contributed by atoms with E-state index < -0.39 is 0 Å². The van der Waals surface area contributed by atoms with Crippen LogP contribution in [-0.4, -0.2) is 10.8 Å². The molecule has 0 saturated heterocycles. The van der Waals surface area contributed by atoms with Crippen LogP contribution in [0.25, 0.3) is 0 Å². The minimum Gasteiger partial charge on any atom is -0.292 e. The van der Waals surface area contributed by atoms with E-state index in [1.165, 1.54) is 0 Å². The number of nitrogens with zero attached hydrogens (tertiary/aromatic N) is 1. The molecule has 0 bridgehead atoms. The van der Waals surface area contributed by atoms with Crippen LogP contribution in [0.1, 0.15) is 23.3 Å². The lowest BCUT2D eigenvalue weighted by Gasteiger charge is -2.11. The molecule has 1 aromatic rings. The van der Waals surface area contributed by atoms with Gasteiger partial charge in [-0.25, -0.2) is 0 Å². The second-order valence-corrected chi connectivity index (χ2v) is 3.65. The number of Topliss-reactive ketones (excluding diaryl/α,β-unsaturated/α-hetero) is 1. The van der Waals surface area contributed by atoms with Gasteiger partial charge in [-0.05, 0) is 24.5 Å². The molecule has 1 atom stereocenters. The highest BCUT2D eigenvalue weighted by Gasteiger charge is 2.13. The highest BCUT2D eigenvalue weighted by atomic mass is 16.1. The first-order valence-corrected chi connectivity index (χ1v) is 5.14. The monoisotopic (exact) mass is 199 g/mol. The Morgan fingerprint density at radius 2 is 2.33 bits per heavy atom. The Morgan fingerprint density at radius 1 is 1.40 bits per heavy atom. The zero-order valence-electron chi connectivity index (χ0n) is 8.47. The molecule has 2 heteroatoms. The van der Waals surface area contributed by atoms with Gasteiger partial charge in [0.25, 0.3) is 0 Å². The minimum atomic E-state index is 0.126. The third-order valence-electron chi connectivity index (χ3n) is 2.47. The Morgan fingerprint density at radius 3 is 3.00 bits per heavy atom. The van der Waals surface area contributed by atoms with Gasteiger partial charge in [-0.2, -0.15) is 0 Å². The maximum Gasteiger partial charge on any atom is 0.181 e. The molecule has 0 fully saturated rings. The number of rotatable bonds is 3. The molecule has 1 aromatic heterocycles. The zero-order chi connectivity index (χ0) is 10.5. The van der Waals surface area contributed by atoms with Crippen LogP contribution in [0.2, 0.25) is 0 Å². The predicted octanol–water partition coefficient (Wildman–Crippen LogP) is 2.79. The van der Waals surface area contributed by atoms with Crippen LogP contribution < -0.4 is 0 Å². The van der Waals surface area contributed by atoms with E-state index in [9.17, 15) is 4.79 Å². The first-order chi connectivity index (χ1) is 7.36. The first kappa shape index (κ1) is 9.84. The number of carbonyl (C=O) groups excluding carboxylic acids is 1. The predicted molar refractivity (Wildman–Crippen MR) is 59.6 cm³/mol. The van der Waals surface area contributed by atoms with Crippen molar-refractivity contribution in [3.05, 3.63) is 54.4 Å². The summed E-state index contributed by atoms with van der Waals surface area (Å²) in [5, 5.41) is 0. The number of ketones is 1. The van der Waals surface area contributed by atoms with Crippen molar-refractivity contribution in [2.45, 2.75) is 12.8 Å². The van der Waals surface area contributed by atoms with Crippen LogP contribution in [0.5, 0.6) is 0 Å². The maximum absolute atomic E-state index is 11.8. The fraction of sp³-hybridized carbons (Fsp3) is 0.231. The quantitative estimate of drug-likeness (QED) is 0.700. The Labute approximate surface area is 89.3 Å². The highest BCUT2D eigenvalue weighted by Crippen LogP contribution is 2.17. The van der Waals surface area contributed by atoms with E-state index in [4.69, 9.17) is 0 Å². The summed E-state index contributed by atoms with van der Waals surface area (Å²) < 4.78 is 0. The number of hydrogen-bond acceptors (Lipinski definition) is 2. The molecular formula is C13H13NO. The van der Waals surface area contributed by atoms with Crippen LogP contribution in [0.4, 0.5) is 0 Å². The number of hydrogen-bond donors (Lipinski definition) is 0. The molecule has 76 valence electrons. The maximum atomic E-state index is 11.8. The molecule has 1 heterocycles. The summed E-state index contributed by atoms with van der Waals surface area (Å²) >= 11 is 0. The molecule has 0 saturated carbocycles. The van der Waals surface area contributed by atoms with Crippen LogP contribution in [0.15, 0.2) is 48.7 Å². The normalized spacial score (nSPS) is 19.1. The molecule has 2 nitrogen and oxygen atoms in total. The van der Waals surface area contributed by atoms with Gasteiger partial charge in [-0.15, -0.1) is 0 Å². The van der Waals surface area contributed by atoms with Crippen molar-refractivity contribution in [1.29, 1.82) is 0 Å². The number of aromatic nitrogens is 1. The van der Waals surface area contributed by atoms with E-state index in [0.717, 1.165) is 6.42 Å². The smallest absolute Gasteiger partial charge is 0.181 e. The largest absolute Gasteiger partial charge is 0.292 e. The molecule has 1 aliphatic rings. The van der Waals surface area contributed by atoms with Crippen molar-refractivity contribution < 1.29 is 4.79 Å². The van der Waals surface area contributed by atoms with Crippen molar-refractivity contribution in [3.8, 4) is 0 Å². The van der Waals surface area contributed by atoms with E-state index in [2.05, 4.69) is 17.1 Å². The summed E-state index contributed by atoms with van der Waals surface area (Å²) in [4.78, 5) is 15.8. The summed E-state index contributed by atoms with van der Waals surface area (Å²) in [6.45, 7) is 0. The Kier molecular flexibility index (Phi) is 3.08. The van der Waals surface area contributed by atoms with E-state index in [0.29, 0.717) is 18.0 Å². The summed E-state index contributed by atoms with van der Waals surface area (Å²) in [5.41, 5.74) is 0.570. The second-order valence-electron chi connectivity index (χ2n) is 3.65.